The Balaban J connectivity index is 1.63. The molecule has 32 heavy (non-hydrogen) atoms. The van der Waals surface area contributed by atoms with Gasteiger partial charge in [0.15, 0.2) is 11.5 Å². The van der Waals surface area contributed by atoms with Crippen molar-refractivity contribution < 1.29 is 19.0 Å². The van der Waals surface area contributed by atoms with Gasteiger partial charge in [-0.25, -0.2) is 4.79 Å². The second-order valence-corrected chi connectivity index (χ2v) is 7.72. The molecule has 0 aliphatic rings. The summed E-state index contributed by atoms with van der Waals surface area (Å²) in [6.45, 7) is 5.53. The average Bonchev–Trinajstić information content (AvgIpc) is 2.80. The third-order valence-corrected chi connectivity index (χ3v) is 5.32. The Kier molecular flexibility index (Phi) is 8.65. The van der Waals surface area contributed by atoms with Crippen LogP contribution in [-0.4, -0.2) is 19.2 Å². The lowest BCUT2D eigenvalue weighted by Gasteiger charge is -2.14. The molecule has 0 aliphatic heterocycles. The van der Waals surface area contributed by atoms with E-state index in [4.69, 9.17) is 37.4 Å². The minimum atomic E-state index is -0.322. The molecule has 0 aromatic heterocycles. The Labute approximate surface area is 198 Å². The number of carbonyl (C=O) groups excluding carboxylic acids is 1. The van der Waals surface area contributed by atoms with Crippen LogP contribution in [0.15, 0.2) is 60.7 Å². The van der Waals surface area contributed by atoms with E-state index in [9.17, 15) is 4.79 Å². The van der Waals surface area contributed by atoms with Crippen LogP contribution in [0.25, 0.3) is 0 Å². The second-order valence-electron chi connectivity index (χ2n) is 6.90. The van der Waals surface area contributed by atoms with Crippen LogP contribution in [0.2, 0.25) is 10.0 Å². The molecule has 0 saturated carbocycles. The number of halogens is 2. The van der Waals surface area contributed by atoms with E-state index in [0.717, 1.165) is 16.8 Å². The highest BCUT2D eigenvalue weighted by Crippen LogP contribution is 2.30. The maximum absolute atomic E-state index is 11.8. The maximum atomic E-state index is 11.8. The zero-order chi connectivity index (χ0) is 22.9. The van der Waals surface area contributed by atoms with E-state index in [1.807, 2.05) is 43.3 Å². The van der Waals surface area contributed by atoms with Crippen LogP contribution in [0.3, 0.4) is 0 Å². The topological polar surface area (TPSA) is 56.8 Å². The molecule has 7 heteroatoms. The fourth-order valence-corrected chi connectivity index (χ4v) is 3.30. The van der Waals surface area contributed by atoms with Gasteiger partial charge in [-0.2, -0.15) is 0 Å². The Morgan fingerprint density at radius 3 is 2.25 bits per heavy atom. The van der Waals surface area contributed by atoms with Crippen molar-refractivity contribution in [3.8, 4) is 11.5 Å². The van der Waals surface area contributed by atoms with Crippen molar-refractivity contribution in [3.05, 3.63) is 87.4 Å². The quantitative estimate of drug-likeness (QED) is 0.329. The summed E-state index contributed by atoms with van der Waals surface area (Å²) in [5.74, 6) is 1.00. The summed E-state index contributed by atoms with van der Waals surface area (Å²) in [5, 5.41) is 4.35. The molecule has 3 aromatic carbocycles. The van der Waals surface area contributed by atoms with Gasteiger partial charge >= 0.3 is 5.97 Å². The first-order valence-corrected chi connectivity index (χ1v) is 11.1. The molecule has 0 bridgehead atoms. The van der Waals surface area contributed by atoms with Crippen LogP contribution in [-0.2, 0) is 17.9 Å². The summed E-state index contributed by atoms with van der Waals surface area (Å²) >= 11 is 12.0. The molecule has 0 heterocycles. The van der Waals surface area contributed by atoms with E-state index in [0.29, 0.717) is 53.5 Å². The molecule has 5 nitrogen and oxygen atoms in total. The first-order chi connectivity index (χ1) is 15.5. The first-order valence-electron chi connectivity index (χ1n) is 10.3. The number of benzene rings is 3. The lowest BCUT2D eigenvalue weighted by atomic mass is 10.1. The number of hydrogen-bond acceptors (Lipinski definition) is 5. The predicted octanol–water partition coefficient (Wildman–Crippen LogP) is 6.76. The van der Waals surface area contributed by atoms with Gasteiger partial charge < -0.3 is 19.5 Å². The SMILES string of the molecule is CCOC(=O)c1ccc(NCc2ccc(OCc3ccc(Cl)c(Cl)c3)c(OCC)c2)cc1. The van der Waals surface area contributed by atoms with Gasteiger partial charge in [-0.3, -0.25) is 0 Å². The van der Waals surface area contributed by atoms with E-state index < -0.39 is 0 Å². The van der Waals surface area contributed by atoms with Crippen molar-refractivity contribution in [2.45, 2.75) is 27.0 Å². The molecule has 0 fully saturated rings. The number of nitrogens with one attached hydrogen (secondary N) is 1. The standard InChI is InChI=1S/C25H25Cl2NO4/c1-3-30-24-14-17(15-28-20-9-7-19(8-10-20)25(29)31-4-2)6-12-23(24)32-16-18-5-11-21(26)22(27)13-18/h5-14,28H,3-4,15-16H2,1-2H3. The van der Waals surface area contributed by atoms with E-state index in [1.54, 1.807) is 31.2 Å². The molecular weight excluding hydrogens is 449 g/mol. The third kappa shape index (κ3) is 6.55. The highest BCUT2D eigenvalue weighted by molar-refractivity contribution is 6.42. The molecule has 0 unspecified atom stereocenters. The Bertz CT molecular complexity index is 1050. The van der Waals surface area contributed by atoms with Crippen molar-refractivity contribution in [3.63, 3.8) is 0 Å². The Hall–Kier alpha value is -2.89. The Morgan fingerprint density at radius 2 is 1.56 bits per heavy atom. The summed E-state index contributed by atoms with van der Waals surface area (Å²) in [7, 11) is 0. The van der Waals surface area contributed by atoms with E-state index in [2.05, 4.69) is 5.32 Å². The number of ether oxygens (including phenoxy) is 3. The van der Waals surface area contributed by atoms with Gasteiger partial charge in [-0.1, -0.05) is 35.3 Å². The predicted molar refractivity (Wildman–Crippen MR) is 128 cm³/mol. The van der Waals surface area contributed by atoms with Gasteiger partial charge in [0.05, 0.1) is 28.8 Å². The smallest absolute Gasteiger partial charge is 0.338 e. The largest absolute Gasteiger partial charge is 0.490 e. The van der Waals surface area contributed by atoms with Crippen molar-refractivity contribution >= 4 is 34.9 Å². The van der Waals surface area contributed by atoms with Crippen LogP contribution in [0.1, 0.15) is 35.3 Å². The van der Waals surface area contributed by atoms with Gasteiger partial charge in [0.25, 0.3) is 0 Å². The zero-order valence-electron chi connectivity index (χ0n) is 18.0. The van der Waals surface area contributed by atoms with Gasteiger partial charge in [0.1, 0.15) is 6.61 Å². The minimum Gasteiger partial charge on any atom is -0.490 e. The number of carbonyl (C=O) groups is 1. The summed E-state index contributed by atoms with van der Waals surface area (Å²) in [5.41, 5.74) is 3.37. The zero-order valence-corrected chi connectivity index (χ0v) is 19.5. The van der Waals surface area contributed by atoms with Crippen molar-refractivity contribution in [1.82, 2.24) is 0 Å². The summed E-state index contributed by atoms with van der Waals surface area (Å²) in [6.07, 6.45) is 0. The maximum Gasteiger partial charge on any atom is 0.338 e. The van der Waals surface area contributed by atoms with E-state index in [-0.39, 0.29) is 5.97 Å². The minimum absolute atomic E-state index is 0.322. The molecule has 0 amide bonds. The molecular formula is C25H25Cl2NO4. The van der Waals surface area contributed by atoms with Crippen LogP contribution in [0, 0.1) is 0 Å². The van der Waals surface area contributed by atoms with E-state index in [1.165, 1.54) is 0 Å². The fourth-order valence-electron chi connectivity index (χ4n) is 2.98. The monoisotopic (exact) mass is 473 g/mol. The van der Waals surface area contributed by atoms with Crippen LogP contribution >= 0.6 is 23.2 Å². The average molecular weight is 474 g/mol. The Morgan fingerprint density at radius 1 is 0.812 bits per heavy atom. The third-order valence-electron chi connectivity index (χ3n) is 4.58. The number of rotatable bonds is 10. The summed E-state index contributed by atoms with van der Waals surface area (Å²) in [4.78, 5) is 11.8. The summed E-state index contributed by atoms with van der Waals surface area (Å²) < 4.78 is 16.7. The molecule has 1 N–H and O–H groups in total. The fraction of sp³-hybridized carbons (Fsp3) is 0.240. The first kappa shape index (κ1) is 23.8. The molecule has 0 spiro atoms. The van der Waals surface area contributed by atoms with E-state index >= 15 is 0 Å². The lowest BCUT2D eigenvalue weighted by Crippen LogP contribution is -2.05. The lowest BCUT2D eigenvalue weighted by molar-refractivity contribution is 0.0526. The number of anilines is 1. The molecule has 3 rings (SSSR count). The molecule has 3 aromatic rings. The number of esters is 1. The molecule has 0 aliphatic carbocycles. The molecule has 168 valence electrons. The van der Waals surface area contributed by atoms with Crippen LogP contribution in [0.5, 0.6) is 11.5 Å². The second kappa shape index (κ2) is 11.7. The van der Waals surface area contributed by atoms with Gasteiger partial charge in [-0.05, 0) is 73.5 Å². The van der Waals surface area contributed by atoms with Crippen LogP contribution < -0.4 is 14.8 Å². The highest BCUT2D eigenvalue weighted by Gasteiger charge is 2.09. The van der Waals surface area contributed by atoms with Crippen molar-refractivity contribution in [2.75, 3.05) is 18.5 Å². The van der Waals surface area contributed by atoms with Crippen molar-refractivity contribution in [1.29, 1.82) is 0 Å². The molecule has 0 saturated heterocycles. The highest BCUT2D eigenvalue weighted by atomic mass is 35.5. The molecule has 0 radical (unpaired) electrons. The van der Waals surface area contributed by atoms with Gasteiger partial charge in [-0.15, -0.1) is 0 Å². The number of hydrogen-bond donors (Lipinski definition) is 1. The van der Waals surface area contributed by atoms with Crippen molar-refractivity contribution in [2.24, 2.45) is 0 Å². The summed E-state index contributed by atoms with van der Waals surface area (Å²) in [6, 6.07) is 18.4. The van der Waals surface area contributed by atoms with Gasteiger partial charge in [0.2, 0.25) is 0 Å². The van der Waals surface area contributed by atoms with Gasteiger partial charge in [0, 0.05) is 12.2 Å². The van der Waals surface area contributed by atoms with Crippen LogP contribution in [0.4, 0.5) is 5.69 Å². The normalized spacial score (nSPS) is 10.5. The molecule has 0 atom stereocenters.